The minimum atomic E-state index is -4.47. The molecule has 0 fully saturated rings. The molecule has 0 aliphatic carbocycles. The number of nitrogens with two attached hydrogens (primary N) is 2. The minimum absolute atomic E-state index is 0.0428. The molecule has 55 heavy (non-hydrogen) atoms. The van der Waals surface area contributed by atoms with E-state index in [9.17, 15) is 55.8 Å². The van der Waals surface area contributed by atoms with Gasteiger partial charge in [-0.05, 0) is 59.7 Å². The number of nitrogen functional groups attached to an aromatic ring is 2. The van der Waals surface area contributed by atoms with Crippen molar-refractivity contribution in [2.45, 2.75) is 20.3 Å². The Bertz CT molecular complexity index is 2210. The zero-order valence-electron chi connectivity index (χ0n) is 28.2. The number of carbonyl (C=O) groups excluding carboxylic acids is 2. The van der Waals surface area contributed by atoms with Crippen LogP contribution in [-0.2, 0) is 29.3 Å². The molecule has 10 N–H and O–H groups in total. The van der Waals surface area contributed by atoms with Crippen LogP contribution in [0.25, 0.3) is 0 Å². The molecule has 0 amide bonds. The van der Waals surface area contributed by atoms with Gasteiger partial charge in [0.15, 0.2) is 19.7 Å². The molecule has 0 saturated heterocycles. The summed E-state index contributed by atoms with van der Waals surface area (Å²) in [5.41, 5.74) is 9.36. The number of nitro benzene ring substituents is 2. The quantitative estimate of drug-likeness (QED) is 0.0307. The van der Waals surface area contributed by atoms with Gasteiger partial charge in [-0.3, -0.25) is 29.3 Å². The van der Waals surface area contributed by atoms with E-state index in [0.29, 0.717) is 0 Å². The average molecular weight is 823 g/mol. The fourth-order valence-electron chi connectivity index (χ4n) is 5.31. The van der Waals surface area contributed by atoms with Crippen molar-refractivity contribution in [2.75, 3.05) is 46.8 Å². The number of carbonyl (C=O) groups is 2. The van der Waals surface area contributed by atoms with Gasteiger partial charge >= 0.3 is 0 Å². The Morgan fingerprint density at radius 3 is 1.25 bits per heavy atom. The summed E-state index contributed by atoms with van der Waals surface area (Å²) >= 11 is 0. The standard InChI is InChI=1S/C32H34N6O14S3/c33-23-15-21(53(47,48)11-9-39)3-7-25(23)35-27-5-1-19(13-29(27)37(43)44)31(17-41)55(51,52)32(18-42)20-2-6-28(30(14-20)38(45)46)36-26-8-4-22(16-24(26)34)54(49,50)12-10-40/h1-8,13-18,31-32,35-36,39-40,51-52H,9-12,33-34H2. The van der Waals surface area contributed by atoms with Gasteiger partial charge in [-0.15, -0.1) is 0 Å². The summed E-state index contributed by atoms with van der Waals surface area (Å²) in [5, 5.41) is 43.7. The normalized spacial score (nSPS) is 13.3. The Hall–Kier alpha value is -5.69. The molecular formula is C32H34N6O14S3. The molecule has 4 rings (SSSR count). The molecule has 0 aliphatic rings. The molecule has 4 aromatic carbocycles. The molecule has 0 saturated carbocycles. The Morgan fingerprint density at radius 1 is 0.618 bits per heavy atom. The maximum absolute atomic E-state index is 12.4. The highest BCUT2D eigenvalue weighted by atomic mass is 32.3. The first kappa shape index (κ1) is 42.1. The van der Waals surface area contributed by atoms with Crippen LogP contribution in [0, 0.1) is 20.2 Å². The second-order valence-electron chi connectivity index (χ2n) is 11.7. The Kier molecular flexibility index (Phi) is 12.8. The predicted molar refractivity (Wildman–Crippen MR) is 203 cm³/mol. The molecule has 2 unspecified atom stereocenters. The first-order valence-corrected chi connectivity index (χ1v) is 20.5. The molecule has 0 radical (unpaired) electrons. The highest BCUT2D eigenvalue weighted by Gasteiger charge is 2.38. The summed E-state index contributed by atoms with van der Waals surface area (Å²) < 4.78 is 71.9. The van der Waals surface area contributed by atoms with Crippen LogP contribution in [0.1, 0.15) is 21.6 Å². The zero-order chi connectivity index (χ0) is 40.9. The smallest absolute Gasteiger partial charge is 0.293 e. The number of hydrogen-bond acceptors (Lipinski definition) is 18. The molecule has 0 aromatic heterocycles. The largest absolute Gasteiger partial charge is 0.397 e. The summed E-state index contributed by atoms with van der Waals surface area (Å²) in [5.74, 6) is -1.13. The average Bonchev–Trinajstić information content (AvgIpc) is 3.11. The lowest BCUT2D eigenvalue weighted by Gasteiger charge is -2.41. The Balaban J connectivity index is 1.67. The van der Waals surface area contributed by atoms with E-state index >= 15 is 0 Å². The van der Waals surface area contributed by atoms with Crippen LogP contribution in [0.15, 0.2) is 82.6 Å². The molecule has 4 aromatic rings. The molecule has 2 atom stereocenters. The van der Waals surface area contributed by atoms with E-state index in [2.05, 4.69) is 10.6 Å². The van der Waals surface area contributed by atoms with Gasteiger partial charge in [-0.1, -0.05) is 12.1 Å². The van der Waals surface area contributed by atoms with Crippen LogP contribution in [-0.4, -0.2) is 83.3 Å². The topological polar surface area (TPSA) is 346 Å². The van der Waals surface area contributed by atoms with Gasteiger partial charge in [0, 0.05) is 12.1 Å². The maximum Gasteiger partial charge on any atom is 0.293 e. The van der Waals surface area contributed by atoms with Crippen molar-refractivity contribution in [3.63, 3.8) is 0 Å². The number of hydrogen-bond donors (Lipinski definition) is 8. The molecule has 294 valence electrons. The summed E-state index contributed by atoms with van der Waals surface area (Å²) in [4.78, 5) is 46.8. The van der Waals surface area contributed by atoms with Gasteiger partial charge in [-0.25, -0.2) is 16.8 Å². The van der Waals surface area contributed by atoms with Crippen molar-refractivity contribution in [2.24, 2.45) is 0 Å². The van der Waals surface area contributed by atoms with E-state index in [0.717, 1.165) is 60.7 Å². The number of aldehydes is 2. The van der Waals surface area contributed by atoms with Gasteiger partial charge in [-0.2, -0.15) is 10.6 Å². The number of rotatable bonds is 18. The van der Waals surface area contributed by atoms with Crippen molar-refractivity contribution in [1.82, 2.24) is 0 Å². The zero-order valence-corrected chi connectivity index (χ0v) is 30.7. The Morgan fingerprint density at radius 2 is 0.964 bits per heavy atom. The number of benzene rings is 4. The first-order chi connectivity index (χ1) is 25.8. The van der Waals surface area contributed by atoms with Gasteiger partial charge in [0.25, 0.3) is 11.4 Å². The van der Waals surface area contributed by atoms with Crippen molar-refractivity contribution in [3.05, 3.63) is 104 Å². The van der Waals surface area contributed by atoms with Crippen LogP contribution in [0.2, 0.25) is 0 Å². The number of nitrogens with one attached hydrogen (secondary N) is 2. The van der Waals surface area contributed by atoms with Crippen LogP contribution >= 0.6 is 10.6 Å². The summed E-state index contributed by atoms with van der Waals surface area (Å²) in [6.07, 6.45) is 0.109. The lowest BCUT2D eigenvalue weighted by molar-refractivity contribution is -0.384. The van der Waals surface area contributed by atoms with E-state index in [1.165, 1.54) is 12.1 Å². The first-order valence-electron chi connectivity index (χ1n) is 15.5. The fraction of sp³-hybridized carbons (Fsp3) is 0.188. The van der Waals surface area contributed by atoms with Crippen molar-refractivity contribution in [3.8, 4) is 0 Å². The van der Waals surface area contributed by atoms with Crippen LogP contribution < -0.4 is 22.1 Å². The maximum atomic E-state index is 12.4. The highest BCUT2D eigenvalue weighted by molar-refractivity contribution is 8.25. The second-order valence-corrected chi connectivity index (χ2v) is 18.2. The number of aliphatic hydroxyl groups excluding tert-OH is 2. The van der Waals surface area contributed by atoms with Crippen LogP contribution in [0.3, 0.4) is 0 Å². The van der Waals surface area contributed by atoms with Gasteiger partial charge in [0.05, 0.1) is 67.1 Å². The van der Waals surface area contributed by atoms with E-state index in [-0.39, 0.29) is 67.6 Å². The molecule has 0 spiro atoms. The van der Waals surface area contributed by atoms with Gasteiger partial charge in [0.1, 0.15) is 34.4 Å². The number of nitrogens with zero attached hydrogens (tertiary/aromatic N) is 2. The third-order valence-corrected chi connectivity index (χ3v) is 13.8. The predicted octanol–water partition coefficient (Wildman–Crippen LogP) is 3.62. The number of nitro groups is 2. The van der Waals surface area contributed by atoms with E-state index in [1.54, 1.807) is 0 Å². The minimum Gasteiger partial charge on any atom is -0.397 e. The molecular weight excluding hydrogens is 789 g/mol. The van der Waals surface area contributed by atoms with Gasteiger partial charge < -0.3 is 41.9 Å². The summed E-state index contributed by atoms with van der Waals surface area (Å²) in [6.45, 7) is -1.27. The van der Waals surface area contributed by atoms with Crippen molar-refractivity contribution < 1.29 is 55.6 Å². The second kappa shape index (κ2) is 16.8. The monoisotopic (exact) mass is 822 g/mol. The molecule has 0 bridgehead atoms. The fourth-order valence-corrected chi connectivity index (χ4v) is 9.16. The summed E-state index contributed by atoms with van der Waals surface area (Å²) in [7, 11) is -12.2. The molecule has 23 heteroatoms. The lowest BCUT2D eigenvalue weighted by Crippen LogP contribution is -2.20. The van der Waals surface area contributed by atoms with Gasteiger partial charge in [0.2, 0.25) is 0 Å². The summed E-state index contributed by atoms with van der Waals surface area (Å²) in [6, 6.07) is 13.1. The van der Waals surface area contributed by atoms with Crippen molar-refractivity contribution in [1.29, 1.82) is 0 Å². The highest BCUT2D eigenvalue weighted by Crippen LogP contribution is 2.63. The molecule has 0 heterocycles. The van der Waals surface area contributed by atoms with E-state index < -0.39 is 86.7 Å². The Labute approximate surface area is 314 Å². The van der Waals surface area contributed by atoms with Crippen molar-refractivity contribution >= 4 is 88.3 Å². The third-order valence-electron chi connectivity index (χ3n) is 8.11. The third kappa shape index (κ3) is 9.17. The lowest BCUT2D eigenvalue weighted by atomic mass is 10.1. The van der Waals surface area contributed by atoms with E-state index in [4.69, 9.17) is 21.7 Å². The number of sulfone groups is 2. The number of aliphatic hydroxyl groups is 2. The molecule has 0 aliphatic heterocycles. The van der Waals surface area contributed by atoms with Crippen LogP contribution in [0.5, 0.6) is 0 Å². The SMILES string of the molecule is Nc1cc(S(=O)(=O)CCO)ccc1Nc1ccc(C(C=O)S(O)(O)C(C=O)c2ccc(Nc3ccc(S(=O)(=O)CCO)cc3N)c([N+](=O)[O-])c2)cc1[N+](=O)[O-]. The molecule has 20 nitrogen and oxygen atoms in total. The van der Waals surface area contributed by atoms with E-state index in [1.807, 2.05) is 0 Å². The van der Waals surface area contributed by atoms with Crippen LogP contribution in [0.4, 0.5) is 45.5 Å². The number of anilines is 6.